The molecule has 4 nitrogen and oxygen atoms in total. The van der Waals surface area contributed by atoms with Crippen LogP contribution in [-0.2, 0) is 0 Å². The van der Waals surface area contributed by atoms with Gasteiger partial charge in [0.05, 0.1) is 17.7 Å². The highest BCUT2D eigenvalue weighted by Crippen LogP contribution is 1.89. The Hall–Kier alpha value is -3.08. The summed E-state index contributed by atoms with van der Waals surface area (Å²) in [5.74, 6) is 0. The number of benzene rings is 1. The molecule has 0 aliphatic heterocycles. The normalized spacial score (nSPS) is 9.38. The molecule has 0 fully saturated rings. The van der Waals surface area contributed by atoms with Gasteiger partial charge in [-0.15, -0.1) is 0 Å². The predicted octanol–water partition coefficient (Wildman–Crippen LogP) is 0.0602. The topological polar surface area (TPSA) is 95.2 Å². The maximum Gasteiger partial charge on any atom is 0.136 e. The molecule has 0 bridgehead atoms. The first kappa shape index (κ1) is 11.0. The third-order valence-electron chi connectivity index (χ3n) is 1.91. The van der Waals surface area contributed by atoms with Gasteiger partial charge >= 0.3 is 0 Å². The molecular weight excluding hydrogens is 200 g/mol. The van der Waals surface area contributed by atoms with Crippen LogP contribution in [0.2, 0.25) is 0 Å². The van der Waals surface area contributed by atoms with E-state index in [0.717, 1.165) is 0 Å². The smallest absolute Gasteiger partial charge is 0.136 e. The standard InChI is InChI=1S/C12H4N4/c13-4-3-9-1-2-10(5-11(9)6-14)12(7-15)8-16/h1-3,5H. The highest BCUT2D eigenvalue weighted by atomic mass is 14.3. The van der Waals surface area contributed by atoms with Gasteiger partial charge in [0, 0.05) is 16.5 Å². The molecule has 0 amide bonds. The Morgan fingerprint density at radius 3 is 2.25 bits per heavy atom. The summed E-state index contributed by atoms with van der Waals surface area (Å²) in [6.07, 6.45) is 1.24. The average molecular weight is 204 g/mol. The molecule has 0 aliphatic rings. The highest BCUT2D eigenvalue weighted by molar-refractivity contribution is 5.72. The molecule has 0 unspecified atom stereocenters. The third kappa shape index (κ3) is 2.05. The predicted molar refractivity (Wildman–Crippen MR) is 55.1 cm³/mol. The van der Waals surface area contributed by atoms with E-state index in [1.165, 1.54) is 24.3 Å². The number of nitriles is 4. The first-order chi connectivity index (χ1) is 7.76. The van der Waals surface area contributed by atoms with Crippen LogP contribution in [0, 0.1) is 45.3 Å². The van der Waals surface area contributed by atoms with Crippen LogP contribution in [-0.4, -0.2) is 0 Å². The second kappa shape index (κ2) is 4.97. The molecule has 0 radical (unpaired) electrons. The number of hydrogen-bond acceptors (Lipinski definition) is 4. The summed E-state index contributed by atoms with van der Waals surface area (Å²) >= 11 is 0. The third-order valence-corrected chi connectivity index (χ3v) is 1.91. The van der Waals surface area contributed by atoms with E-state index in [-0.39, 0.29) is 11.1 Å². The van der Waals surface area contributed by atoms with Crippen molar-refractivity contribution in [1.29, 1.82) is 21.0 Å². The van der Waals surface area contributed by atoms with Gasteiger partial charge < -0.3 is 0 Å². The molecule has 0 heterocycles. The SMILES string of the molecule is N#CC=c1ccc(=C(C#N)C#N)cc1C#N. The summed E-state index contributed by atoms with van der Waals surface area (Å²) in [6, 6.07) is 11.7. The molecule has 4 heteroatoms. The van der Waals surface area contributed by atoms with Crippen molar-refractivity contribution in [2.75, 3.05) is 0 Å². The van der Waals surface area contributed by atoms with Crippen molar-refractivity contribution in [2.24, 2.45) is 0 Å². The second-order valence-corrected chi connectivity index (χ2v) is 2.79. The van der Waals surface area contributed by atoms with Crippen molar-refractivity contribution in [1.82, 2.24) is 0 Å². The van der Waals surface area contributed by atoms with Gasteiger partial charge in [0.25, 0.3) is 0 Å². The Balaban J connectivity index is 3.73. The summed E-state index contributed by atoms with van der Waals surface area (Å²) in [4.78, 5) is 0. The summed E-state index contributed by atoms with van der Waals surface area (Å²) in [5.41, 5.74) is 0.210. The van der Waals surface area contributed by atoms with E-state index in [1.807, 2.05) is 12.1 Å². The molecule has 0 saturated carbocycles. The lowest BCUT2D eigenvalue weighted by molar-refractivity contribution is 1.42. The van der Waals surface area contributed by atoms with Crippen LogP contribution in [0.3, 0.4) is 0 Å². The van der Waals surface area contributed by atoms with Crippen molar-refractivity contribution in [3.8, 4) is 24.3 Å². The zero-order chi connectivity index (χ0) is 12.0. The van der Waals surface area contributed by atoms with Crippen molar-refractivity contribution < 1.29 is 0 Å². The summed E-state index contributed by atoms with van der Waals surface area (Å²) in [7, 11) is 0. The van der Waals surface area contributed by atoms with Crippen molar-refractivity contribution in [3.05, 3.63) is 34.2 Å². The Labute approximate surface area is 91.8 Å². The Kier molecular flexibility index (Phi) is 3.41. The molecule has 0 aliphatic carbocycles. The highest BCUT2D eigenvalue weighted by Gasteiger charge is 1.98. The first-order valence-electron chi connectivity index (χ1n) is 4.21. The number of rotatable bonds is 0. The molecular formula is C12H4N4. The molecule has 1 rings (SSSR count). The number of nitrogens with zero attached hydrogens (tertiary/aromatic N) is 4. The van der Waals surface area contributed by atoms with Crippen LogP contribution < -0.4 is 10.4 Å². The van der Waals surface area contributed by atoms with E-state index < -0.39 is 0 Å². The maximum atomic E-state index is 8.84. The van der Waals surface area contributed by atoms with Gasteiger partial charge in [-0.2, -0.15) is 21.0 Å². The van der Waals surface area contributed by atoms with Gasteiger partial charge in [-0.05, 0) is 6.07 Å². The summed E-state index contributed by atoms with van der Waals surface area (Å²) < 4.78 is 0. The van der Waals surface area contributed by atoms with Crippen LogP contribution in [0.15, 0.2) is 18.2 Å². The molecule has 0 saturated heterocycles. The zero-order valence-corrected chi connectivity index (χ0v) is 8.10. The van der Waals surface area contributed by atoms with Gasteiger partial charge in [-0.1, -0.05) is 12.1 Å². The first-order valence-corrected chi connectivity index (χ1v) is 4.21. The van der Waals surface area contributed by atoms with E-state index in [9.17, 15) is 0 Å². The van der Waals surface area contributed by atoms with Crippen LogP contribution in [0.25, 0.3) is 11.6 Å². The van der Waals surface area contributed by atoms with Crippen LogP contribution in [0.4, 0.5) is 0 Å². The zero-order valence-electron chi connectivity index (χ0n) is 8.10. The molecule has 0 atom stereocenters. The fraction of sp³-hybridized carbons (Fsp3) is 0. The van der Waals surface area contributed by atoms with Crippen LogP contribution >= 0.6 is 0 Å². The van der Waals surface area contributed by atoms with Crippen LogP contribution in [0.5, 0.6) is 0 Å². The number of hydrogen-bond donors (Lipinski definition) is 0. The minimum Gasteiger partial charge on any atom is -0.193 e. The Bertz CT molecular complexity index is 684. The van der Waals surface area contributed by atoms with E-state index in [2.05, 4.69) is 0 Å². The Morgan fingerprint density at radius 2 is 1.75 bits per heavy atom. The molecule has 0 spiro atoms. The lowest BCUT2D eigenvalue weighted by Gasteiger charge is -1.91. The van der Waals surface area contributed by atoms with Crippen LogP contribution in [0.1, 0.15) is 5.56 Å². The van der Waals surface area contributed by atoms with Crippen molar-refractivity contribution >= 4 is 11.6 Å². The summed E-state index contributed by atoms with van der Waals surface area (Å²) in [6.45, 7) is 0. The second-order valence-electron chi connectivity index (χ2n) is 2.79. The largest absolute Gasteiger partial charge is 0.193 e. The van der Waals surface area contributed by atoms with E-state index in [4.69, 9.17) is 21.0 Å². The Morgan fingerprint density at radius 1 is 1.06 bits per heavy atom. The van der Waals surface area contributed by atoms with E-state index in [0.29, 0.717) is 10.4 Å². The maximum absolute atomic E-state index is 8.84. The molecule has 72 valence electrons. The molecule has 1 aromatic rings. The summed E-state index contributed by atoms with van der Waals surface area (Å²) in [5, 5.41) is 35.5. The van der Waals surface area contributed by atoms with E-state index >= 15 is 0 Å². The van der Waals surface area contributed by atoms with Gasteiger partial charge in [0.1, 0.15) is 17.7 Å². The minimum absolute atomic E-state index is 0.0555. The van der Waals surface area contributed by atoms with Gasteiger partial charge in [0.2, 0.25) is 0 Å². The van der Waals surface area contributed by atoms with Gasteiger partial charge in [0.15, 0.2) is 0 Å². The van der Waals surface area contributed by atoms with E-state index in [1.54, 1.807) is 12.1 Å². The fourth-order valence-corrected chi connectivity index (χ4v) is 1.16. The van der Waals surface area contributed by atoms with Gasteiger partial charge in [-0.25, -0.2) is 0 Å². The lowest BCUT2D eigenvalue weighted by atomic mass is 10.1. The van der Waals surface area contributed by atoms with Gasteiger partial charge in [-0.3, -0.25) is 0 Å². The lowest BCUT2D eigenvalue weighted by Crippen LogP contribution is -2.14. The molecule has 16 heavy (non-hydrogen) atoms. The molecule has 0 aromatic heterocycles. The monoisotopic (exact) mass is 204 g/mol. The average Bonchev–Trinajstić information content (AvgIpc) is 2.32. The molecule has 1 aromatic carbocycles. The minimum atomic E-state index is -0.0555. The quantitative estimate of drug-likeness (QED) is 0.597. The van der Waals surface area contributed by atoms with Crippen molar-refractivity contribution in [2.45, 2.75) is 0 Å². The fourth-order valence-electron chi connectivity index (χ4n) is 1.16. The molecule has 0 N–H and O–H groups in total. The van der Waals surface area contributed by atoms with Crippen molar-refractivity contribution in [3.63, 3.8) is 0 Å².